The van der Waals surface area contributed by atoms with E-state index in [1.54, 1.807) is 29.2 Å². The van der Waals surface area contributed by atoms with Crippen LogP contribution in [0.4, 0.5) is 5.69 Å². The number of hydrogen-bond donors (Lipinski definition) is 2. The van der Waals surface area contributed by atoms with Gasteiger partial charge in [-0.1, -0.05) is 11.6 Å². The maximum absolute atomic E-state index is 12.4. The van der Waals surface area contributed by atoms with Gasteiger partial charge in [-0.2, -0.15) is 0 Å². The van der Waals surface area contributed by atoms with Gasteiger partial charge in [-0.15, -0.1) is 0 Å². The van der Waals surface area contributed by atoms with Gasteiger partial charge in [0, 0.05) is 29.4 Å². The molecule has 2 rings (SSSR count). The number of amides is 2. The Labute approximate surface area is 169 Å². The van der Waals surface area contributed by atoms with E-state index in [1.807, 2.05) is 13.8 Å². The Hall–Kier alpha value is -2.58. The lowest BCUT2D eigenvalue weighted by Gasteiger charge is -2.18. The quantitative estimate of drug-likeness (QED) is 0.682. The molecule has 28 heavy (non-hydrogen) atoms. The third-order valence-corrected chi connectivity index (χ3v) is 5.69. The normalized spacial score (nSPS) is 11.0. The second kappa shape index (κ2) is 9.57. The number of likely N-dealkylation sites (N-methyl/N-ethyl adjacent to an activating group) is 1. The van der Waals surface area contributed by atoms with Crippen molar-refractivity contribution >= 4 is 39.1 Å². The van der Waals surface area contributed by atoms with Gasteiger partial charge in [-0.3, -0.25) is 14.3 Å². The molecule has 0 atom stereocenters. The maximum Gasteiger partial charge on any atom is 0.261 e. The lowest BCUT2D eigenvalue weighted by Crippen LogP contribution is -2.40. The Morgan fingerprint density at radius 1 is 0.964 bits per heavy atom. The number of nitrogens with one attached hydrogen (secondary N) is 2. The fraction of sp³-hybridized carbons (Fsp3) is 0.263. The fourth-order valence-electron chi connectivity index (χ4n) is 2.46. The minimum absolute atomic E-state index is 0.0122. The Balaban J connectivity index is 2.02. The maximum atomic E-state index is 12.4. The number of halogens is 1. The first-order valence-corrected chi connectivity index (χ1v) is 10.6. The smallest absolute Gasteiger partial charge is 0.261 e. The van der Waals surface area contributed by atoms with Crippen LogP contribution in [0.3, 0.4) is 0 Å². The number of anilines is 1. The summed E-state index contributed by atoms with van der Waals surface area (Å²) in [6, 6.07) is 11.7. The predicted molar refractivity (Wildman–Crippen MR) is 109 cm³/mol. The standard InChI is InChI=1S/C19H22ClN3O4S/c1-3-23(4-2)18(24)13-21-19(25)14-5-11-17(12-6-14)28(26,27)22-16-9-7-15(20)8-10-16/h5-12,22H,3-4,13H2,1-2H3,(H,21,25). The number of hydrogen-bond acceptors (Lipinski definition) is 4. The highest BCUT2D eigenvalue weighted by Crippen LogP contribution is 2.18. The van der Waals surface area contributed by atoms with Crippen LogP contribution in [0.15, 0.2) is 53.4 Å². The Kier molecular flexibility index (Phi) is 7.42. The largest absolute Gasteiger partial charge is 0.343 e. The molecule has 2 N–H and O–H groups in total. The van der Waals surface area contributed by atoms with Gasteiger partial charge in [0.1, 0.15) is 0 Å². The summed E-state index contributed by atoms with van der Waals surface area (Å²) in [5, 5.41) is 3.04. The van der Waals surface area contributed by atoms with Crippen molar-refractivity contribution < 1.29 is 18.0 Å². The van der Waals surface area contributed by atoms with E-state index >= 15 is 0 Å². The van der Waals surface area contributed by atoms with E-state index in [0.29, 0.717) is 23.8 Å². The third kappa shape index (κ3) is 5.71. The molecule has 0 aliphatic carbocycles. The molecule has 0 saturated carbocycles. The molecule has 0 aliphatic heterocycles. The Bertz CT molecular complexity index is 925. The zero-order chi connectivity index (χ0) is 20.7. The molecule has 9 heteroatoms. The summed E-state index contributed by atoms with van der Waals surface area (Å²) in [6.45, 7) is 4.75. The Morgan fingerprint density at radius 3 is 2.07 bits per heavy atom. The summed E-state index contributed by atoms with van der Waals surface area (Å²) in [7, 11) is -3.80. The number of rotatable bonds is 8. The molecule has 7 nitrogen and oxygen atoms in total. The van der Waals surface area contributed by atoms with Gasteiger partial charge >= 0.3 is 0 Å². The van der Waals surface area contributed by atoms with E-state index in [0.717, 1.165) is 0 Å². The van der Waals surface area contributed by atoms with Crippen molar-refractivity contribution in [2.24, 2.45) is 0 Å². The average Bonchev–Trinajstić information content (AvgIpc) is 2.69. The second-order valence-corrected chi connectivity index (χ2v) is 8.00. The minimum atomic E-state index is -3.80. The fourth-order valence-corrected chi connectivity index (χ4v) is 3.65. The van der Waals surface area contributed by atoms with Crippen LogP contribution in [0, 0.1) is 0 Å². The molecule has 0 aliphatic rings. The van der Waals surface area contributed by atoms with Crippen molar-refractivity contribution in [2.75, 3.05) is 24.4 Å². The molecule has 150 valence electrons. The average molecular weight is 424 g/mol. The van der Waals surface area contributed by atoms with Gasteiger partial charge in [0.05, 0.1) is 11.4 Å². The molecule has 2 amide bonds. The number of carbonyl (C=O) groups excluding carboxylic acids is 2. The highest BCUT2D eigenvalue weighted by Gasteiger charge is 2.16. The molecular formula is C19H22ClN3O4S. The molecule has 0 aromatic heterocycles. The van der Waals surface area contributed by atoms with Gasteiger partial charge < -0.3 is 10.2 Å². The zero-order valence-corrected chi connectivity index (χ0v) is 17.2. The SMILES string of the molecule is CCN(CC)C(=O)CNC(=O)c1ccc(S(=O)(=O)Nc2ccc(Cl)cc2)cc1. The van der Waals surface area contributed by atoms with E-state index in [1.165, 1.54) is 24.3 Å². The molecule has 2 aromatic carbocycles. The summed E-state index contributed by atoms with van der Waals surface area (Å²) in [5.41, 5.74) is 0.638. The highest BCUT2D eigenvalue weighted by molar-refractivity contribution is 7.92. The van der Waals surface area contributed by atoms with Crippen LogP contribution in [0.5, 0.6) is 0 Å². The Morgan fingerprint density at radius 2 is 1.54 bits per heavy atom. The van der Waals surface area contributed by atoms with Crippen molar-refractivity contribution in [1.82, 2.24) is 10.2 Å². The van der Waals surface area contributed by atoms with Gasteiger partial charge in [0.2, 0.25) is 5.91 Å². The van der Waals surface area contributed by atoms with Crippen LogP contribution in [0.2, 0.25) is 5.02 Å². The molecule has 0 radical (unpaired) electrons. The number of sulfonamides is 1. The van der Waals surface area contributed by atoms with Crippen LogP contribution >= 0.6 is 11.6 Å². The summed E-state index contributed by atoms with van der Waals surface area (Å²) < 4.78 is 27.3. The minimum Gasteiger partial charge on any atom is -0.343 e. The predicted octanol–water partition coefficient (Wildman–Crippen LogP) is 2.74. The molecule has 0 bridgehead atoms. The number of carbonyl (C=O) groups is 2. The first kappa shape index (κ1) is 21.7. The summed E-state index contributed by atoms with van der Waals surface area (Å²) in [6.07, 6.45) is 0. The molecule has 0 fully saturated rings. The number of nitrogens with zero attached hydrogens (tertiary/aromatic N) is 1. The molecule has 0 unspecified atom stereocenters. The molecule has 0 heterocycles. The lowest BCUT2D eigenvalue weighted by molar-refractivity contribution is -0.129. The summed E-state index contributed by atoms with van der Waals surface area (Å²) in [4.78, 5) is 25.7. The van der Waals surface area contributed by atoms with Crippen LogP contribution in [0.25, 0.3) is 0 Å². The molecular weight excluding hydrogens is 402 g/mol. The first-order valence-electron chi connectivity index (χ1n) is 8.71. The number of benzene rings is 2. The van der Waals surface area contributed by atoms with E-state index in [9.17, 15) is 18.0 Å². The first-order chi connectivity index (χ1) is 13.3. The van der Waals surface area contributed by atoms with Crippen LogP contribution in [-0.4, -0.2) is 44.8 Å². The van der Waals surface area contributed by atoms with Crippen LogP contribution in [0.1, 0.15) is 24.2 Å². The van der Waals surface area contributed by atoms with Gasteiger partial charge in [0.15, 0.2) is 0 Å². The zero-order valence-electron chi connectivity index (χ0n) is 15.6. The third-order valence-electron chi connectivity index (χ3n) is 4.04. The van der Waals surface area contributed by atoms with Crippen molar-refractivity contribution in [2.45, 2.75) is 18.7 Å². The van der Waals surface area contributed by atoms with Crippen molar-refractivity contribution in [3.05, 3.63) is 59.1 Å². The second-order valence-electron chi connectivity index (χ2n) is 5.89. The molecule has 0 spiro atoms. The van der Waals surface area contributed by atoms with Gasteiger partial charge in [0.25, 0.3) is 15.9 Å². The summed E-state index contributed by atoms with van der Waals surface area (Å²) >= 11 is 5.79. The van der Waals surface area contributed by atoms with Gasteiger partial charge in [-0.25, -0.2) is 8.42 Å². The van der Waals surface area contributed by atoms with E-state index in [-0.39, 0.29) is 22.9 Å². The summed E-state index contributed by atoms with van der Waals surface area (Å²) in [5.74, 6) is -0.625. The highest BCUT2D eigenvalue weighted by atomic mass is 35.5. The van der Waals surface area contributed by atoms with E-state index < -0.39 is 15.9 Å². The van der Waals surface area contributed by atoms with E-state index in [2.05, 4.69) is 10.0 Å². The van der Waals surface area contributed by atoms with Crippen molar-refractivity contribution in [3.8, 4) is 0 Å². The molecule has 0 saturated heterocycles. The van der Waals surface area contributed by atoms with E-state index in [4.69, 9.17) is 11.6 Å². The monoisotopic (exact) mass is 423 g/mol. The van der Waals surface area contributed by atoms with Crippen LogP contribution in [-0.2, 0) is 14.8 Å². The van der Waals surface area contributed by atoms with Crippen molar-refractivity contribution in [1.29, 1.82) is 0 Å². The van der Waals surface area contributed by atoms with Crippen LogP contribution < -0.4 is 10.0 Å². The lowest BCUT2D eigenvalue weighted by atomic mass is 10.2. The van der Waals surface area contributed by atoms with Gasteiger partial charge in [-0.05, 0) is 62.4 Å². The topological polar surface area (TPSA) is 95.6 Å². The molecule has 2 aromatic rings. The van der Waals surface area contributed by atoms with Crippen molar-refractivity contribution in [3.63, 3.8) is 0 Å².